The van der Waals surface area contributed by atoms with Crippen LogP contribution in [0.15, 0.2) is 35.1 Å². The van der Waals surface area contributed by atoms with E-state index in [4.69, 9.17) is 0 Å². The van der Waals surface area contributed by atoms with E-state index in [1.807, 2.05) is 24.3 Å². The summed E-state index contributed by atoms with van der Waals surface area (Å²) in [5.74, 6) is 0.843. The monoisotopic (exact) mass is 322 g/mol. The molecule has 2 N–H and O–H groups in total. The van der Waals surface area contributed by atoms with Crippen LogP contribution in [0, 0.1) is 0 Å². The molecule has 100 valence electrons. The largest absolute Gasteiger partial charge is 0.356 e. The third-order valence-electron chi connectivity index (χ3n) is 2.70. The normalized spacial score (nSPS) is 10.4. The molecule has 0 aliphatic rings. The first-order valence-electron chi connectivity index (χ1n) is 6.09. The van der Waals surface area contributed by atoms with Crippen molar-refractivity contribution in [2.75, 3.05) is 6.54 Å². The predicted octanol–water partition coefficient (Wildman–Crippen LogP) is 1.86. The van der Waals surface area contributed by atoms with Gasteiger partial charge in [0.15, 0.2) is 0 Å². The van der Waals surface area contributed by atoms with Gasteiger partial charge in [-0.05, 0) is 24.1 Å². The molecule has 1 aromatic carbocycles. The number of carbonyl (C=O) groups is 1. The van der Waals surface area contributed by atoms with Gasteiger partial charge in [0.05, 0.1) is 0 Å². The molecule has 0 bridgehead atoms. The highest BCUT2D eigenvalue weighted by atomic mass is 79.9. The van der Waals surface area contributed by atoms with Crippen LogP contribution in [0.2, 0.25) is 0 Å². The number of H-pyrrole nitrogens is 1. The molecular weight excluding hydrogens is 308 g/mol. The standard InChI is InChI=1S/C13H15BrN4O/c14-11-4-1-10(2-5-11)3-6-13(19)15-8-7-12-16-9-17-18-12/h1-2,4-5,9H,3,6-8H2,(H,15,19)(H,16,17,18). The molecular formula is C13H15BrN4O. The molecule has 0 aliphatic heterocycles. The highest BCUT2D eigenvalue weighted by molar-refractivity contribution is 9.10. The molecule has 0 fully saturated rings. The fraction of sp³-hybridized carbons (Fsp3) is 0.308. The number of aryl methyl sites for hydroxylation is 1. The number of amides is 1. The first-order valence-corrected chi connectivity index (χ1v) is 6.89. The summed E-state index contributed by atoms with van der Waals surface area (Å²) >= 11 is 3.39. The van der Waals surface area contributed by atoms with E-state index >= 15 is 0 Å². The molecule has 2 rings (SSSR count). The van der Waals surface area contributed by atoms with Crippen molar-refractivity contribution in [1.82, 2.24) is 20.5 Å². The lowest BCUT2D eigenvalue weighted by molar-refractivity contribution is -0.121. The van der Waals surface area contributed by atoms with E-state index < -0.39 is 0 Å². The summed E-state index contributed by atoms with van der Waals surface area (Å²) in [4.78, 5) is 15.6. The zero-order valence-corrected chi connectivity index (χ0v) is 12.0. The van der Waals surface area contributed by atoms with E-state index in [-0.39, 0.29) is 5.91 Å². The van der Waals surface area contributed by atoms with Crippen LogP contribution in [-0.2, 0) is 17.6 Å². The van der Waals surface area contributed by atoms with Crippen molar-refractivity contribution in [2.24, 2.45) is 0 Å². The van der Waals surface area contributed by atoms with Crippen LogP contribution in [0.1, 0.15) is 17.8 Å². The molecule has 2 aromatic rings. The molecule has 6 heteroatoms. The minimum atomic E-state index is 0.0578. The van der Waals surface area contributed by atoms with Crippen LogP contribution in [0.25, 0.3) is 0 Å². The molecule has 0 radical (unpaired) electrons. The highest BCUT2D eigenvalue weighted by Gasteiger charge is 2.03. The van der Waals surface area contributed by atoms with Crippen molar-refractivity contribution in [3.05, 3.63) is 46.5 Å². The average molecular weight is 323 g/mol. The van der Waals surface area contributed by atoms with Gasteiger partial charge in [-0.3, -0.25) is 9.89 Å². The Bertz CT molecular complexity index is 510. The van der Waals surface area contributed by atoms with Crippen LogP contribution in [0.3, 0.4) is 0 Å². The average Bonchev–Trinajstić information content (AvgIpc) is 2.91. The zero-order chi connectivity index (χ0) is 13.5. The summed E-state index contributed by atoms with van der Waals surface area (Å²) < 4.78 is 1.05. The summed E-state index contributed by atoms with van der Waals surface area (Å²) in [6.07, 6.45) is 3.38. The Labute approximate surface area is 120 Å². The van der Waals surface area contributed by atoms with Crippen LogP contribution in [0.5, 0.6) is 0 Å². The minimum Gasteiger partial charge on any atom is -0.356 e. The van der Waals surface area contributed by atoms with Crippen molar-refractivity contribution >= 4 is 21.8 Å². The lowest BCUT2D eigenvalue weighted by Gasteiger charge is -2.04. The SMILES string of the molecule is O=C(CCc1ccc(Br)cc1)NCCc1ncn[nH]1. The van der Waals surface area contributed by atoms with Crippen LogP contribution in [0.4, 0.5) is 0 Å². The Morgan fingerprint density at radius 3 is 2.74 bits per heavy atom. The van der Waals surface area contributed by atoms with Gasteiger partial charge in [-0.15, -0.1) is 0 Å². The number of hydrogen-bond donors (Lipinski definition) is 2. The van der Waals surface area contributed by atoms with Gasteiger partial charge < -0.3 is 5.32 Å². The fourth-order valence-electron chi connectivity index (χ4n) is 1.67. The lowest BCUT2D eigenvalue weighted by Crippen LogP contribution is -2.26. The van der Waals surface area contributed by atoms with Crippen molar-refractivity contribution in [1.29, 1.82) is 0 Å². The maximum absolute atomic E-state index is 11.6. The summed E-state index contributed by atoms with van der Waals surface area (Å²) in [5.41, 5.74) is 1.16. The number of nitrogens with zero attached hydrogens (tertiary/aromatic N) is 2. The van der Waals surface area contributed by atoms with Crippen molar-refractivity contribution in [3.8, 4) is 0 Å². The third-order valence-corrected chi connectivity index (χ3v) is 3.23. The number of rotatable bonds is 6. The van der Waals surface area contributed by atoms with E-state index in [2.05, 4.69) is 36.4 Å². The summed E-state index contributed by atoms with van der Waals surface area (Å²) in [6.45, 7) is 0.578. The number of halogens is 1. The number of aromatic nitrogens is 3. The molecule has 1 heterocycles. The Hall–Kier alpha value is -1.69. The number of benzene rings is 1. The Kier molecular flexibility index (Phi) is 5.09. The summed E-state index contributed by atoms with van der Waals surface area (Å²) in [7, 11) is 0. The van der Waals surface area contributed by atoms with Gasteiger partial charge in [0.25, 0.3) is 0 Å². The van der Waals surface area contributed by atoms with Crippen molar-refractivity contribution < 1.29 is 4.79 Å². The molecule has 0 saturated heterocycles. The van der Waals surface area contributed by atoms with Crippen LogP contribution in [-0.4, -0.2) is 27.6 Å². The molecule has 1 aromatic heterocycles. The van der Waals surface area contributed by atoms with Gasteiger partial charge in [0.2, 0.25) is 5.91 Å². The highest BCUT2D eigenvalue weighted by Crippen LogP contribution is 2.11. The zero-order valence-electron chi connectivity index (χ0n) is 10.4. The van der Waals surface area contributed by atoms with Crippen molar-refractivity contribution in [3.63, 3.8) is 0 Å². The van der Waals surface area contributed by atoms with Gasteiger partial charge in [-0.2, -0.15) is 5.10 Å². The van der Waals surface area contributed by atoms with E-state index in [0.717, 1.165) is 22.3 Å². The quantitative estimate of drug-likeness (QED) is 0.852. The van der Waals surface area contributed by atoms with E-state index in [1.165, 1.54) is 6.33 Å². The Balaban J connectivity index is 1.65. The number of aromatic amines is 1. The topological polar surface area (TPSA) is 70.7 Å². The van der Waals surface area contributed by atoms with Gasteiger partial charge in [0.1, 0.15) is 12.2 Å². The van der Waals surface area contributed by atoms with Gasteiger partial charge in [-0.25, -0.2) is 4.98 Å². The maximum atomic E-state index is 11.6. The fourth-order valence-corrected chi connectivity index (χ4v) is 1.93. The lowest BCUT2D eigenvalue weighted by atomic mass is 10.1. The molecule has 19 heavy (non-hydrogen) atoms. The van der Waals surface area contributed by atoms with Gasteiger partial charge in [0, 0.05) is 23.9 Å². The molecule has 0 atom stereocenters. The predicted molar refractivity (Wildman–Crippen MR) is 75.6 cm³/mol. The summed E-state index contributed by atoms with van der Waals surface area (Å²) in [5, 5.41) is 9.37. The first-order chi connectivity index (χ1) is 9.24. The van der Waals surface area contributed by atoms with Crippen molar-refractivity contribution in [2.45, 2.75) is 19.3 Å². The molecule has 1 amide bonds. The molecule has 5 nitrogen and oxygen atoms in total. The van der Waals surface area contributed by atoms with Gasteiger partial charge >= 0.3 is 0 Å². The van der Waals surface area contributed by atoms with Crippen LogP contribution >= 0.6 is 15.9 Å². The Morgan fingerprint density at radius 1 is 1.26 bits per heavy atom. The smallest absolute Gasteiger partial charge is 0.220 e. The molecule has 0 spiro atoms. The molecule has 0 saturated carbocycles. The third kappa shape index (κ3) is 4.82. The molecule has 0 aliphatic carbocycles. The first kappa shape index (κ1) is 13.7. The number of carbonyl (C=O) groups excluding carboxylic acids is 1. The van der Waals surface area contributed by atoms with E-state index in [0.29, 0.717) is 19.4 Å². The number of nitrogens with one attached hydrogen (secondary N) is 2. The number of hydrogen-bond acceptors (Lipinski definition) is 3. The second-order valence-electron chi connectivity index (χ2n) is 4.16. The van der Waals surface area contributed by atoms with E-state index in [1.54, 1.807) is 0 Å². The molecule has 0 unspecified atom stereocenters. The van der Waals surface area contributed by atoms with E-state index in [9.17, 15) is 4.79 Å². The summed E-state index contributed by atoms with van der Waals surface area (Å²) in [6, 6.07) is 8.01. The Morgan fingerprint density at radius 2 is 2.05 bits per heavy atom. The second-order valence-corrected chi connectivity index (χ2v) is 5.07. The van der Waals surface area contributed by atoms with Crippen LogP contribution < -0.4 is 5.32 Å². The van der Waals surface area contributed by atoms with Gasteiger partial charge in [-0.1, -0.05) is 28.1 Å². The second kappa shape index (κ2) is 7.04. The maximum Gasteiger partial charge on any atom is 0.220 e. The minimum absolute atomic E-state index is 0.0578.